The van der Waals surface area contributed by atoms with E-state index in [9.17, 15) is 19.8 Å². The van der Waals surface area contributed by atoms with Gasteiger partial charge in [-0.25, -0.2) is 4.79 Å². The van der Waals surface area contributed by atoms with E-state index in [1.54, 1.807) is 12.1 Å². The van der Waals surface area contributed by atoms with Gasteiger partial charge in [-0.1, -0.05) is 52.3 Å². The Morgan fingerprint density at radius 2 is 1.51 bits per heavy atom. The van der Waals surface area contributed by atoms with Gasteiger partial charge in [0.05, 0.1) is 11.0 Å². The third-order valence-corrected chi connectivity index (χ3v) is 13.0. The molecule has 0 bridgehead atoms. The summed E-state index contributed by atoms with van der Waals surface area (Å²) in [5.41, 5.74) is 2.99. The van der Waals surface area contributed by atoms with Crippen LogP contribution in [0.3, 0.4) is 0 Å². The van der Waals surface area contributed by atoms with Crippen molar-refractivity contribution >= 4 is 17.5 Å². The number of aromatic carboxylic acids is 1. The lowest BCUT2D eigenvalue weighted by Crippen LogP contribution is -2.61. The number of hydrogen-bond donors (Lipinski definition) is 2. The van der Waals surface area contributed by atoms with Crippen LogP contribution in [0.5, 0.6) is 0 Å². The van der Waals surface area contributed by atoms with Crippen molar-refractivity contribution in [2.45, 2.75) is 91.9 Å². The minimum atomic E-state index is -0.876. The molecule has 1 aromatic carbocycles. The Labute approximate surface area is 221 Å². The third-order valence-electron chi connectivity index (χ3n) is 13.0. The number of fused-ring (bicyclic) bond motifs is 7. The molecule has 5 aliphatic carbocycles. The molecule has 4 saturated carbocycles. The molecule has 0 radical (unpaired) electrons. The topological polar surface area (TPSA) is 74.6 Å². The number of hydrogen-bond acceptors (Lipinski definition) is 2. The zero-order valence-corrected chi connectivity index (χ0v) is 23.1. The van der Waals surface area contributed by atoms with Gasteiger partial charge in [-0.3, -0.25) is 4.79 Å². The van der Waals surface area contributed by atoms with Gasteiger partial charge in [0, 0.05) is 0 Å². The van der Waals surface area contributed by atoms with Crippen molar-refractivity contribution in [2.24, 2.45) is 51.2 Å². The van der Waals surface area contributed by atoms with Gasteiger partial charge < -0.3 is 10.2 Å². The monoisotopic (exact) mass is 504 g/mol. The lowest BCUT2D eigenvalue weighted by Gasteiger charge is -2.68. The Hall–Kier alpha value is -2.10. The van der Waals surface area contributed by atoms with Crippen LogP contribution in [0.2, 0.25) is 0 Å². The molecule has 8 atom stereocenters. The van der Waals surface area contributed by atoms with Crippen LogP contribution in [0.1, 0.15) is 108 Å². The molecule has 0 aromatic heterocycles. The van der Waals surface area contributed by atoms with Crippen molar-refractivity contribution in [3.63, 3.8) is 0 Å². The second kappa shape index (κ2) is 8.20. The molecule has 4 heteroatoms. The molecule has 6 rings (SSSR count). The second-order valence-corrected chi connectivity index (χ2v) is 14.4. The summed E-state index contributed by atoms with van der Waals surface area (Å²) in [6.07, 6.45) is 13.6. The Kier molecular flexibility index (Phi) is 5.58. The maximum atomic E-state index is 12.5. The number of carbonyl (C=O) groups is 2. The average Bonchev–Trinajstić information content (AvgIpc) is 3.30. The first-order valence-electron chi connectivity index (χ1n) is 14.7. The lowest BCUT2D eigenvalue weighted by molar-refractivity contribution is -0.187. The van der Waals surface area contributed by atoms with E-state index >= 15 is 0 Å². The van der Waals surface area contributed by atoms with Gasteiger partial charge in [-0.05, 0) is 127 Å². The van der Waals surface area contributed by atoms with Crippen LogP contribution < -0.4 is 0 Å². The predicted molar refractivity (Wildman–Crippen MR) is 145 cm³/mol. The molecule has 0 spiro atoms. The van der Waals surface area contributed by atoms with Crippen LogP contribution in [-0.4, -0.2) is 22.2 Å². The van der Waals surface area contributed by atoms with Crippen LogP contribution in [0.15, 0.2) is 30.3 Å². The summed E-state index contributed by atoms with van der Waals surface area (Å²) in [7, 11) is 0. The van der Waals surface area contributed by atoms with E-state index < -0.39 is 17.4 Å². The fourth-order valence-electron chi connectivity index (χ4n) is 11.5. The zero-order valence-electron chi connectivity index (χ0n) is 23.1. The molecule has 4 nitrogen and oxygen atoms in total. The van der Waals surface area contributed by atoms with Crippen LogP contribution in [0.4, 0.5) is 0 Å². The quantitative estimate of drug-likeness (QED) is 0.438. The Bertz CT molecular complexity index is 1150. The molecule has 0 aliphatic heterocycles. The van der Waals surface area contributed by atoms with Crippen LogP contribution in [0, 0.1) is 51.2 Å². The highest BCUT2D eigenvalue weighted by Gasteiger charge is 2.66. The summed E-state index contributed by atoms with van der Waals surface area (Å²) in [6.45, 7) is 10.00. The Morgan fingerprint density at radius 1 is 0.784 bits per heavy atom. The molecular formula is C33H44O4. The van der Waals surface area contributed by atoms with E-state index in [0.717, 1.165) is 44.1 Å². The van der Waals surface area contributed by atoms with Gasteiger partial charge in [0.1, 0.15) is 0 Å². The zero-order chi connectivity index (χ0) is 26.4. The summed E-state index contributed by atoms with van der Waals surface area (Å²) < 4.78 is 0. The average molecular weight is 505 g/mol. The van der Waals surface area contributed by atoms with Crippen molar-refractivity contribution in [1.29, 1.82) is 0 Å². The van der Waals surface area contributed by atoms with E-state index in [2.05, 4.69) is 33.8 Å². The number of carboxylic acids is 2. The van der Waals surface area contributed by atoms with Gasteiger partial charge in [-0.15, -0.1) is 0 Å². The normalized spacial score (nSPS) is 44.0. The number of benzene rings is 1. The highest BCUT2D eigenvalue weighted by Crippen LogP contribution is 2.73. The van der Waals surface area contributed by atoms with E-state index in [1.165, 1.54) is 31.3 Å². The molecule has 200 valence electrons. The van der Waals surface area contributed by atoms with Crippen molar-refractivity contribution < 1.29 is 19.8 Å². The van der Waals surface area contributed by atoms with Crippen molar-refractivity contribution in [3.8, 4) is 0 Å². The molecular weight excluding hydrogens is 460 g/mol. The largest absolute Gasteiger partial charge is 0.481 e. The maximum absolute atomic E-state index is 12.5. The molecule has 0 amide bonds. The van der Waals surface area contributed by atoms with E-state index in [-0.39, 0.29) is 10.8 Å². The minimum Gasteiger partial charge on any atom is -0.481 e. The molecule has 2 N–H and O–H groups in total. The highest BCUT2D eigenvalue weighted by molar-refractivity contribution is 5.88. The predicted octanol–water partition coefficient (Wildman–Crippen LogP) is 7.93. The molecule has 1 aromatic rings. The fraction of sp³-hybridized carbons (Fsp3) is 0.697. The number of aliphatic carboxylic acids is 1. The molecule has 0 saturated heterocycles. The summed E-state index contributed by atoms with van der Waals surface area (Å²) in [4.78, 5) is 23.8. The van der Waals surface area contributed by atoms with E-state index in [4.69, 9.17) is 0 Å². The Balaban J connectivity index is 1.32. The third kappa shape index (κ3) is 3.32. The highest BCUT2D eigenvalue weighted by atomic mass is 16.4. The van der Waals surface area contributed by atoms with Crippen LogP contribution >= 0.6 is 0 Å². The van der Waals surface area contributed by atoms with Gasteiger partial charge in [0.25, 0.3) is 0 Å². The summed E-state index contributed by atoms with van der Waals surface area (Å²) in [5, 5.41) is 19.6. The van der Waals surface area contributed by atoms with Crippen molar-refractivity contribution in [1.82, 2.24) is 0 Å². The summed E-state index contributed by atoms with van der Waals surface area (Å²) in [6, 6.07) is 7.47. The summed E-state index contributed by atoms with van der Waals surface area (Å²) in [5.74, 6) is 1.50. The SMILES string of the molecule is CC1(C)C(c2ccc(C(=O)O)cc2)=CCC2(C)C1CCC1(C)C3CCC4(C(=O)O)CCCC4C3CCC12. The van der Waals surface area contributed by atoms with Crippen LogP contribution in [0.25, 0.3) is 5.57 Å². The van der Waals surface area contributed by atoms with Gasteiger partial charge >= 0.3 is 11.9 Å². The van der Waals surface area contributed by atoms with Crippen LogP contribution in [-0.2, 0) is 4.79 Å². The lowest BCUT2D eigenvalue weighted by atomic mass is 9.36. The van der Waals surface area contributed by atoms with E-state index in [1.807, 2.05) is 12.1 Å². The smallest absolute Gasteiger partial charge is 0.335 e. The Morgan fingerprint density at radius 3 is 2.19 bits per heavy atom. The first kappa shape index (κ1) is 25.2. The van der Waals surface area contributed by atoms with Gasteiger partial charge in [-0.2, -0.15) is 0 Å². The molecule has 5 aliphatic rings. The first-order chi connectivity index (χ1) is 17.4. The first-order valence-corrected chi connectivity index (χ1v) is 14.7. The van der Waals surface area contributed by atoms with Gasteiger partial charge in [0.15, 0.2) is 0 Å². The minimum absolute atomic E-state index is 0.0202. The van der Waals surface area contributed by atoms with E-state index in [0.29, 0.717) is 40.6 Å². The van der Waals surface area contributed by atoms with Crippen molar-refractivity contribution in [2.75, 3.05) is 0 Å². The molecule has 8 unspecified atom stereocenters. The molecule has 37 heavy (non-hydrogen) atoms. The molecule has 4 fully saturated rings. The second-order valence-electron chi connectivity index (χ2n) is 14.4. The maximum Gasteiger partial charge on any atom is 0.335 e. The summed E-state index contributed by atoms with van der Waals surface area (Å²) >= 11 is 0. The van der Waals surface area contributed by atoms with Gasteiger partial charge in [0.2, 0.25) is 0 Å². The number of carboxylic acid groups (broad SMARTS) is 2. The fourth-order valence-corrected chi connectivity index (χ4v) is 11.5. The number of rotatable bonds is 3. The standard InChI is InChI=1S/C33H44O4/c1-30(2)23(20-7-9-21(10-8-20)28(34)35)13-17-32(4)26(30)15-18-31(3)24-14-19-33(29(36)37)16-5-6-25(33)22(24)11-12-27(31)32/h7-10,13,22,24-27H,5-6,11-12,14-19H2,1-4H3,(H,34,35)(H,36,37). The van der Waals surface area contributed by atoms with Crippen molar-refractivity contribution in [3.05, 3.63) is 41.5 Å². The number of allylic oxidation sites excluding steroid dienone is 2. The molecule has 0 heterocycles.